The van der Waals surface area contributed by atoms with Crippen LogP contribution in [0, 0.1) is 17.8 Å². The van der Waals surface area contributed by atoms with Crippen LogP contribution in [0.5, 0.6) is 5.75 Å². The Labute approximate surface area is 239 Å². The zero-order valence-electron chi connectivity index (χ0n) is 22.7. The second-order valence-corrected chi connectivity index (χ2v) is 11.2. The van der Waals surface area contributed by atoms with E-state index < -0.39 is 17.2 Å². The van der Waals surface area contributed by atoms with Gasteiger partial charge in [0.25, 0.3) is 5.91 Å². The van der Waals surface area contributed by atoms with Crippen LogP contribution >= 0.6 is 11.8 Å². The van der Waals surface area contributed by atoms with Gasteiger partial charge in [0.2, 0.25) is 0 Å². The fraction of sp³-hybridized carbons (Fsp3) is 0.429. The molecule has 8 nitrogen and oxygen atoms in total. The number of likely N-dealkylation sites (tertiary alicyclic amines) is 1. The fourth-order valence-corrected chi connectivity index (χ4v) is 6.21. The number of ether oxygens (including phenoxy) is 1. The Balaban J connectivity index is 1.44. The van der Waals surface area contributed by atoms with E-state index in [-0.39, 0.29) is 52.8 Å². The second kappa shape index (κ2) is 11.3. The summed E-state index contributed by atoms with van der Waals surface area (Å²) < 4.78 is 62.8. The van der Waals surface area contributed by atoms with Gasteiger partial charge in [-0.15, -0.1) is 0 Å². The predicted molar refractivity (Wildman–Crippen MR) is 150 cm³/mol. The third-order valence-electron chi connectivity index (χ3n) is 7.65. The van der Waals surface area contributed by atoms with Crippen molar-refractivity contribution in [3.8, 4) is 17.6 Å². The molecule has 5 rings (SSSR count). The number of amides is 1. The van der Waals surface area contributed by atoms with Crippen molar-refractivity contribution in [3.05, 3.63) is 47.7 Å². The van der Waals surface area contributed by atoms with E-state index in [1.165, 1.54) is 18.7 Å². The molecule has 13 heteroatoms. The van der Waals surface area contributed by atoms with E-state index in [4.69, 9.17) is 4.74 Å². The highest BCUT2D eigenvalue weighted by Gasteiger charge is 2.56. The number of nitrogens with zero attached hydrogens (tertiary/aromatic N) is 3. The van der Waals surface area contributed by atoms with E-state index in [1.54, 1.807) is 36.4 Å². The van der Waals surface area contributed by atoms with Gasteiger partial charge in [-0.3, -0.25) is 4.79 Å². The number of carbonyl (C=O) groups excluding carboxylic acids is 1. The number of hydrogen-bond donors (Lipinski definition) is 3. The highest BCUT2D eigenvalue weighted by molar-refractivity contribution is 8.00. The zero-order valence-corrected chi connectivity index (χ0v) is 23.5. The van der Waals surface area contributed by atoms with Crippen molar-refractivity contribution in [2.45, 2.75) is 35.0 Å². The van der Waals surface area contributed by atoms with Crippen LogP contribution in [0.1, 0.15) is 28.9 Å². The summed E-state index contributed by atoms with van der Waals surface area (Å²) in [6, 6.07) is 9.72. The maximum Gasteiger partial charge on any atom is 0.446 e. The van der Waals surface area contributed by atoms with Crippen LogP contribution in [-0.2, 0) is 0 Å². The Morgan fingerprint density at radius 1 is 1.27 bits per heavy atom. The molecule has 0 bridgehead atoms. The van der Waals surface area contributed by atoms with Gasteiger partial charge in [0.05, 0.1) is 35.3 Å². The number of piperidine rings is 1. The minimum absolute atomic E-state index is 0.0442. The summed E-state index contributed by atoms with van der Waals surface area (Å²) >= 11 is -0.278. The number of nitrogens with one attached hydrogen (secondary N) is 3. The topological polar surface area (TPSA) is 82.9 Å². The molecular formula is C28H30F4N6O2S. The van der Waals surface area contributed by atoms with Crippen LogP contribution in [0.4, 0.5) is 29.1 Å². The number of thioether (sulfide) groups is 1. The van der Waals surface area contributed by atoms with Crippen LogP contribution in [-0.4, -0.2) is 78.5 Å². The molecule has 41 heavy (non-hydrogen) atoms. The van der Waals surface area contributed by atoms with Crippen LogP contribution in [0.15, 0.2) is 41.3 Å². The summed E-state index contributed by atoms with van der Waals surface area (Å²) in [6.45, 7) is 1.08. The number of anilines is 2. The van der Waals surface area contributed by atoms with Gasteiger partial charge in [0.15, 0.2) is 0 Å². The first-order valence-electron chi connectivity index (χ1n) is 13.1. The summed E-state index contributed by atoms with van der Waals surface area (Å²) in [6.07, 6.45) is 0.388. The lowest BCUT2D eigenvalue weighted by atomic mass is 9.61. The SMILES string of the molecule is CNC(=O)c1ccc(OC)c(NCC#Cc2nn3c(N[C@]45CC[C@H]4CN(C)C[C@H]5F)cccc3c2SC(F)(F)F)c1. The van der Waals surface area contributed by atoms with Crippen molar-refractivity contribution in [3.63, 3.8) is 0 Å². The lowest BCUT2D eigenvalue weighted by Gasteiger charge is -2.57. The molecule has 1 aliphatic heterocycles. The molecule has 1 saturated carbocycles. The molecule has 2 aliphatic rings. The van der Waals surface area contributed by atoms with Crippen molar-refractivity contribution in [2.24, 2.45) is 5.92 Å². The number of alkyl halides is 4. The zero-order chi connectivity index (χ0) is 29.4. The minimum Gasteiger partial charge on any atom is -0.495 e. The summed E-state index contributed by atoms with van der Waals surface area (Å²) in [5.41, 5.74) is -4.25. The monoisotopic (exact) mass is 590 g/mol. The van der Waals surface area contributed by atoms with E-state index in [0.717, 1.165) is 13.0 Å². The number of rotatable bonds is 7. The molecule has 3 atom stereocenters. The Morgan fingerprint density at radius 3 is 2.73 bits per heavy atom. The van der Waals surface area contributed by atoms with Crippen LogP contribution in [0.25, 0.3) is 5.52 Å². The van der Waals surface area contributed by atoms with Crippen LogP contribution in [0.2, 0.25) is 0 Å². The summed E-state index contributed by atoms with van der Waals surface area (Å²) in [7, 11) is 4.89. The van der Waals surface area contributed by atoms with E-state index >= 15 is 4.39 Å². The van der Waals surface area contributed by atoms with E-state index in [9.17, 15) is 18.0 Å². The van der Waals surface area contributed by atoms with Crippen molar-refractivity contribution in [2.75, 3.05) is 51.5 Å². The quantitative estimate of drug-likeness (QED) is 0.211. The third kappa shape index (κ3) is 5.76. The molecule has 1 amide bonds. The van der Waals surface area contributed by atoms with Crippen molar-refractivity contribution < 1.29 is 27.1 Å². The van der Waals surface area contributed by atoms with Gasteiger partial charge >= 0.3 is 5.51 Å². The lowest BCUT2D eigenvalue weighted by molar-refractivity contribution is -0.0327. The molecular weight excluding hydrogens is 560 g/mol. The number of methoxy groups -OCH3 is 1. The molecule has 3 heterocycles. The summed E-state index contributed by atoms with van der Waals surface area (Å²) in [5.74, 6) is 6.31. The highest BCUT2D eigenvalue weighted by Crippen LogP contribution is 2.48. The van der Waals surface area contributed by atoms with Gasteiger partial charge in [0, 0.05) is 25.7 Å². The van der Waals surface area contributed by atoms with E-state index in [1.807, 2.05) is 11.9 Å². The fourth-order valence-electron chi connectivity index (χ4n) is 5.53. The molecule has 3 aromatic rings. The number of aromatic nitrogens is 2. The number of benzene rings is 1. The Kier molecular flexibility index (Phi) is 7.98. The molecule has 3 N–H and O–H groups in total. The Hall–Kier alpha value is -3.63. The predicted octanol–water partition coefficient (Wildman–Crippen LogP) is 4.62. The molecule has 1 aliphatic carbocycles. The minimum atomic E-state index is -4.56. The largest absolute Gasteiger partial charge is 0.495 e. The van der Waals surface area contributed by atoms with Crippen molar-refractivity contribution in [1.29, 1.82) is 0 Å². The van der Waals surface area contributed by atoms with E-state index in [0.29, 0.717) is 29.2 Å². The van der Waals surface area contributed by atoms with Gasteiger partial charge in [-0.25, -0.2) is 8.91 Å². The summed E-state index contributed by atoms with van der Waals surface area (Å²) in [4.78, 5) is 13.8. The van der Waals surface area contributed by atoms with Gasteiger partial charge in [0.1, 0.15) is 23.4 Å². The average Bonchev–Trinajstić information content (AvgIpc) is 3.27. The summed E-state index contributed by atoms with van der Waals surface area (Å²) in [5, 5.41) is 13.4. The van der Waals surface area contributed by atoms with Gasteiger partial charge in [-0.2, -0.15) is 18.3 Å². The van der Waals surface area contributed by atoms with Crippen LogP contribution in [0.3, 0.4) is 0 Å². The first-order valence-corrected chi connectivity index (χ1v) is 13.9. The number of carbonyl (C=O) groups is 1. The number of hydrogen-bond acceptors (Lipinski definition) is 7. The van der Waals surface area contributed by atoms with Crippen molar-refractivity contribution >= 4 is 34.7 Å². The highest BCUT2D eigenvalue weighted by atomic mass is 32.2. The maximum absolute atomic E-state index is 15.3. The van der Waals surface area contributed by atoms with E-state index in [2.05, 4.69) is 32.9 Å². The second-order valence-electron chi connectivity index (χ2n) is 10.2. The first kappa shape index (κ1) is 28.9. The first-order chi connectivity index (χ1) is 19.5. The van der Waals surface area contributed by atoms with Crippen molar-refractivity contribution in [1.82, 2.24) is 19.8 Å². The number of pyridine rings is 1. The molecule has 2 aromatic heterocycles. The standard InChI is InChI=1S/C28H30F4N6O2S/c1-33-26(39)17-9-10-22(40-3)20(14-17)34-13-5-6-19-25(41-28(30,31)32)21-7-4-8-24(38(21)36-19)35-27-12-11-18(27)15-37(2)16-23(27)29/h4,7-10,14,18,23,34-35H,11-13,15-16H2,1-3H3,(H,33,39)/t18-,23+,27+/m0/s1. The molecule has 218 valence electrons. The lowest BCUT2D eigenvalue weighted by Crippen LogP contribution is -2.68. The van der Waals surface area contributed by atoms with Gasteiger partial charge in [-0.1, -0.05) is 12.0 Å². The van der Waals surface area contributed by atoms with Gasteiger partial charge < -0.3 is 25.6 Å². The average molecular weight is 591 g/mol. The molecule has 1 saturated heterocycles. The molecule has 0 radical (unpaired) electrons. The third-order valence-corrected chi connectivity index (χ3v) is 8.49. The Bertz CT molecular complexity index is 1510. The normalized spacial score (nSPS) is 22.2. The molecule has 1 aromatic carbocycles. The number of halogens is 4. The smallest absolute Gasteiger partial charge is 0.446 e. The molecule has 2 fully saturated rings. The molecule has 0 spiro atoms. The van der Waals surface area contributed by atoms with Gasteiger partial charge in [-0.05, 0) is 73.8 Å². The Morgan fingerprint density at radius 2 is 2.07 bits per heavy atom. The molecule has 0 unspecified atom stereocenters. The van der Waals surface area contributed by atoms with Crippen LogP contribution < -0.4 is 20.7 Å². The maximum atomic E-state index is 15.3. The number of fused-ring (bicyclic) bond motifs is 2.